The second kappa shape index (κ2) is 8.05. The summed E-state index contributed by atoms with van der Waals surface area (Å²) < 4.78 is 53.1. The number of halogens is 2. The van der Waals surface area contributed by atoms with Gasteiger partial charge >= 0.3 is 0 Å². The number of aromatic nitrogens is 2. The molecule has 0 atom stereocenters. The lowest BCUT2D eigenvalue weighted by molar-refractivity contribution is 0.0939. The van der Waals surface area contributed by atoms with Gasteiger partial charge in [0.1, 0.15) is 11.6 Å². The number of amides is 1. The molecular formula is C18H16F2N4O4S. The highest BCUT2D eigenvalue weighted by molar-refractivity contribution is 7.89. The summed E-state index contributed by atoms with van der Waals surface area (Å²) in [6, 6.07) is 8.76. The SMILES string of the molecule is CCCn1nc(C(=O)NNS(=O)(=O)c2c(F)cccc2F)c2ccccc2c1=O. The van der Waals surface area contributed by atoms with Crippen LogP contribution in [-0.4, -0.2) is 24.1 Å². The highest BCUT2D eigenvalue weighted by atomic mass is 32.2. The molecule has 0 spiro atoms. The van der Waals surface area contributed by atoms with Gasteiger partial charge < -0.3 is 0 Å². The Morgan fingerprint density at radius 3 is 2.31 bits per heavy atom. The number of aryl methyl sites for hydroxylation is 1. The van der Waals surface area contributed by atoms with E-state index in [1.807, 2.05) is 12.3 Å². The molecule has 0 fully saturated rings. The third kappa shape index (κ3) is 4.00. The second-order valence-corrected chi connectivity index (χ2v) is 7.65. The molecule has 0 saturated heterocycles. The van der Waals surface area contributed by atoms with Gasteiger partial charge in [-0.05, 0) is 24.6 Å². The first-order chi connectivity index (χ1) is 13.8. The zero-order chi connectivity index (χ0) is 21.2. The lowest BCUT2D eigenvalue weighted by Crippen LogP contribution is -2.43. The summed E-state index contributed by atoms with van der Waals surface area (Å²) in [6.07, 6.45) is 0.575. The van der Waals surface area contributed by atoms with Crippen LogP contribution in [0.2, 0.25) is 0 Å². The van der Waals surface area contributed by atoms with Crippen molar-refractivity contribution in [1.29, 1.82) is 0 Å². The van der Waals surface area contributed by atoms with Gasteiger partial charge in [0.2, 0.25) is 0 Å². The van der Waals surface area contributed by atoms with Crippen molar-refractivity contribution in [2.75, 3.05) is 0 Å². The molecule has 29 heavy (non-hydrogen) atoms. The maximum absolute atomic E-state index is 13.8. The van der Waals surface area contributed by atoms with Crippen LogP contribution in [0.5, 0.6) is 0 Å². The molecule has 8 nitrogen and oxygen atoms in total. The van der Waals surface area contributed by atoms with Crippen molar-refractivity contribution >= 4 is 26.7 Å². The number of hydrazine groups is 1. The van der Waals surface area contributed by atoms with Gasteiger partial charge in [0.05, 0.1) is 5.39 Å². The highest BCUT2D eigenvalue weighted by Crippen LogP contribution is 2.18. The van der Waals surface area contributed by atoms with Crippen molar-refractivity contribution in [2.24, 2.45) is 0 Å². The molecule has 2 N–H and O–H groups in total. The first-order valence-electron chi connectivity index (χ1n) is 8.52. The number of hydrogen-bond acceptors (Lipinski definition) is 5. The molecule has 3 aromatic rings. The fourth-order valence-corrected chi connectivity index (χ4v) is 3.71. The maximum atomic E-state index is 13.8. The van der Waals surface area contributed by atoms with Crippen LogP contribution in [0.25, 0.3) is 10.8 Å². The molecular weight excluding hydrogens is 406 g/mol. The molecule has 0 unspecified atom stereocenters. The molecule has 0 aliphatic carbocycles. The van der Waals surface area contributed by atoms with Crippen molar-refractivity contribution in [3.8, 4) is 0 Å². The number of nitrogens with one attached hydrogen (secondary N) is 2. The van der Waals surface area contributed by atoms with Gasteiger partial charge in [-0.2, -0.15) is 5.10 Å². The number of benzene rings is 2. The van der Waals surface area contributed by atoms with Crippen molar-refractivity contribution in [3.63, 3.8) is 0 Å². The smallest absolute Gasteiger partial charge is 0.272 e. The molecule has 152 valence electrons. The normalized spacial score (nSPS) is 11.6. The molecule has 3 rings (SSSR count). The maximum Gasteiger partial charge on any atom is 0.287 e. The Bertz CT molecular complexity index is 1240. The summed E-state index contributed by atoms with van der Waals surface area (Å²) >= 11 is 0. The molecule has 1 heterocycles. The third-order valence-electron chi connectivity index (χ3n) is 4.00. The number of carbonyl (C=O) groups is 1. The summed E-state index contributed by atoms with van der Waals surface area (Å²) in [4.78, 5) is 25.4. The first-order valence-corrected chi connectivity index (χ1v) is 10.0. The number of hydrogen-bond donors (Lipinski definition) is 2. The predicted octanol–water partition coefficient (Wildman–Crippen LogP) is 1.71. The number of rotatable bonds is 6. The Balaban J connectivity index is 1.97. The van der Waals surface area contributed by atoms with E-state index in [2.05, 4.69) is 5.10 Å². The standard InChI is InChI=1S/C18H16F2N4O4S/c1-2-10-24-18(26)12-7-4-3-6-11(12)15(22-24)17(25)21-23-29(27,28)16-13(19)8-5-9-14(16)20/h3-9,23H,2,10H2,1H3,(H,21,25). The Hall–Kier alpha value is -3.18. The quantitative estimate of drug-likeness (QED) is 0.588. The lowest BCUT2D eigenvalue weighted by atomic mass is 10.1. The molecule has 0 aliphatic rings. The summed E-state index contributed by atoms with van der Waals surface area (Å²) in [6.45, 7) is 2.07. The fraction of sp³-hybridized carbons (Fsp3) is 0.167. The van der Waals surface area contributed by atoms with Crippen LogP contribution in [0, 0.1) is 11.6 Å². The van der Waals surface area contributed by atoms with E-state index in [0.717, 1.165) is 22.9 Å². The van der Waals surface area contributed by atoms with E-state index < -0.39 is 38.0 Å². The van der Waals surface area contributed by atoms with Crippen LogP contribution in [0.1, 0.15) is 23.8 Å². The molecule has 2 aromatic carbocycles. The van der Waals surface area contributed by atoms with Crippen LogP contribution >= 0.6 is 0 Å². The Kier molecular flexibility index (Phi) is 5.71. The highest BCUT2D eigenvalue weighted by Gasteiger charge is 2.25. The van der Waals surface area contributed by atoms with Crippen LogP contribution in [0.4, 0.5) is 8.78 Å². The van der Waals surface area contributed by atoms with Gasteiger partial charge in [-0.25, -0.2) is 21.9 Å². The van der Waals surface area contributed by atoms with E-state index in [0.29, 0.717) is 6.42 Å². The van der Waals surface area contributed by atoms with Crippen molar-refractivity contribution in [1.82, 2.24) is 20.0 Å². The summed E-state index contributed by atoms with van der Waals surface area (Å²) in [5.41, 5.74) is 1.27. The van der Waals surface area contributed by atoms with Crippen molar-refractivity contribution in [3.05, 3.63) is 70.1 Å². The van der Waals surface area contributed by atoms with Gasteiger partial charge in [-0.15, -0.1) is 4.83 Å². The van der Waals surface area contributed by atoms with Gasteiger partial charge in [0.15, 0.2) is 10.6 Å². The van der Waals surface area contributed by atoms with Gasteiger partial charge in [-0.3, -0.25) is 15.0 Å². The van der Waals surface area contributed by atoms with Gasteiger partial charge in [0, 0.05) is 11.9 Å². The van der Waals surface area contributed by atoms with Crippen LogP contribution in [-0.2, 0) is 16.6 Å². The van der Waals surface area contributed by atoms with E-state index in [1.165, 1.54) is 12.1 Å². The summed E-state index contributed by atoms with van der Waals surface area (Å²) in [5.74, 6) is -3.62. The van der Waals surface area contributed by atoms with E-state index in [4.69, 9.17) is 0 Å². The van der Waals surface area contributed by atoms with Crippen LogP contribution in [0.15, 0.2) is 52.2 Å². The van der Waals surface area contributed by atoms with E-state index in [1.54, 1.807) is 17.0 Å². The topological polar surface area (TPSA) is 110 Å². The number of sulfonamides is 1. The monoisotopic (exact) mass is 422 g/mol. The minimum Gasteiger partial charge on any atom is -0.272 e. The molecule has 11 heteroatoms. The number of carbonyl (C=O) groups excluding carboxylic acids is 1. The minimum absolute atomic E-state index is 0.207. The van der Waals surface area contributed by atoms with Gasteiger partial charge in [0.25, 0.3) is 21.5 Å². The Morgan fingerprint density at radius 2 is 1.69 bits per heavy atom. The van der Waals surface area contributed by atoms with Crippen molar-refractivity contribution < 1.29 is 22.0 Å². The first kappa shape index (κ1) is 20.6. The van der Waals surface area contributed by atoms with E-state index in [-0.39, 0.29) is 23.0 Å². The van der Waals surface area contributed by atoms with E-state index >= 15 is 0 Å². The summed E-state index contributed by atoms with van der Waals surface area (Å²) in [7, 11) is -4.73. The second-order valence-electron chi connectivity index (χ2n) is 6.03. The average molecular weight is 422 g/mol. The van der Waals surface area contributed by atoms with Crippen LogP contribution in [0.3, 0.4) is 0 Å². The number of nitrogens with zero attached hydrogens (tertiary/aromatic N) is 2. The molecule has 0 radical (unpaired) electrons. The third-order valence-corrected chi connectivity index (χ3v) is 5.30. The zero-order valence-corrected chi connectivity index (χ0v) is 16.0. The average Bonchev–Trinajstić information content (AvgIpc) is 2.68. The molecule has 0 bridgehead atoms. The van der Waals surface area contributed by atoms with Crippen molar-refractivity contribution in [2.45, 2.75) is 24.8 Å². The lowest BCUT2D eigenvalue weighted by Gasteiger charge is -2.12. The largest absolute Gasteiger partial charge is 0.287 e. The number of fused-ring (bicyclic) bond motifs is 1. The summed E-state index contributed by atoms with van der Waals surface area (Å²) in [5, 5.41) is 4.44. The zero-order valence-electron chi connectivity index (χ0n) is 15.1. The predicted molar refractivity (Wildman–Crippen MR) is 100 cm³/mol. The Labute approximate surface area is 164 Å². The van der Waals surface area contributed by atoms with Gasteiger partial charge in [-0.1, -0.05) is 31.2 Å². The van der Waals surface area contributed by atoms with E-state index in [9.17, 15) is 26.8 Å². The molecule has 1 amide bonds. The molecule has 0 aliphatic heterocycles. The molecule has 1 aromatic heterocycles. The van der Waals surface area contributed by atoms with Crippen LogP contribution < -0.4 is 15.8 Å². The Morgan fingerprint density at radius 1 is 1.07 bits per heavy atom. The molecule has 0 saturated carbocycles. The fourth-order valence-electron chi connectivity index (χ4n) is 2.73. The minimum atomic E-state index is -4.73.